The monoisotopic (exact) mass is 457 g/mol. The highest BCUT2D eigenvalue weighted by atomic mass is 32.1. The molecular formula is C24H18F3NO3S. The van der Waals surface area contributed by atoms with E-state index in [1.165, 1.54) is 23.5 Å². The van der Waals surface area contributed by atoms with Crippen LogP contribution in [-0.2, 0) is 24.0 Å². The first-order chi connectivity index (χ1) is 15.2. The number of aliphatic carboxylic acids is 1. The third-order valence-corrected chi connectivity index (χ3v) is 6.22. The maximum absolute atomic E-state index is 12.8. The summed E-state index contributed by atoms with van der Waals surface area (Å²) in [4.78, 5) is 16.7. The Kier molecular flexibility index (Phi) is 5.88. The molecule has 164 valence electrons. The predicted molar refractivity (Wildman–Crippen MR) is 117 cm³/mol. The number of carbonyl (C=O) groups is 1. The number of thiazole rings is 1. The van der Waals surface area contributed by atoms with Crippen molar-refractivity contribution in [2.45, 2.75) is 26.1 Å². The number of nitrogens with zero attached hydrogens (tertiary/aromatic N) is 1. The minimum atomic E-state index is -4.39. The maximum atomic E-state index is 12.8. The van der Waals surface area contributed by atoms with Gasteiger partial charge in [0.25, 0.3) is 0 Å². The first-order valence-corrected chi connectivity index (χ1v) is 10.5. The normalized spacial score (nSPS) is 11.6. The smallest absolute Gasteiger partial charge is 0.416 e. The second-order valence-electron chi connectivity index (χ2n) is 7.23. The van der Waals surface area contributed by atoms with Gasteiger partial charge in [-0.05, 0) is 35.9 Å². The standard InChI is InChI=1S/C24H18F3NO3S/c1-14-21(32-23(28-14)16-6-9-17(10-7-16)24(25,26)27)13-31-20-11-8-15-4-2-3-5-18(15)19(20)12-22(29)30/h2-11H,12-13H2,1H3,(H,29,30). The molecule has 1 N–H and O–H groups in total. The molecular weight excluding hydrogens is 439 g/mol. The molecule has 0 aliphatic heterocycles. The number of hydrogen-bond donors (Lipinski definition) is 1. The van der Waals surface area contributed by atoms with E-state index in [1.54, 1.807) is 13.0 Å². The zero-order valence-corrected chi connectivity index (χ0v) is 17.8. The van der Waals surface area contributed by atoms with Gasteiger partial charge in [0.2, 0.25) is 0 Å². The molecule has 0 fully saturated rings. The summed E-state index contributed by atoms with van der Waals surface area (Å²) in [5, 5.41) is 11.7. The number of benzene rings is 3. The maximum Gasteiger partial charge on any atom is 0.416 e. The average Bonchev–Trinajstić information content (AvgIpc) is 3.13. The number of ether oxygens (including phenoxy) is 1. The summed E-state index contributed by atoms with van der Waals surface area (Å²) in [5.41, 5.74) is 1.20. The molecule has 0 saturated heterocycles. The summed E-state index contributed by atoms with van der Waals surface area (Å²) in [5.74, 6) is -0.472. The number of aryl methyl sites for hydroxylation is 1. The molecule has 0 aliphatic rings. The molecule has 0 saturated carbocycles. The van der Waals surface area contributed by atoms with Gasteiger partial charge >= 0.3 is 12.1 Å². The topological polar surface area (TPSA) is 59.4 Å². The highest BCUT2D eigenvalue weighted by Gasteiger charge is 2.30. The number of carboxylic acids is 1. The van der Waals surface area contributed by atoms with Crippen molar-refractivity contribution in [1.82, 2.24) is 4.98 Å². The molecule has 3 aromatic carbocycles. The lowest BCUT2D eigenvalue weighted by Crippen LogP contribution is -2.05. The van der Waals surface area contributed by atoms with Gasteiger partial charge in [-0.1, -0.05) is 42.5 Å². The predicted octanol–water partition coefficient (Wildman–Crippen LogP) is 6.50. The van der Waals surface area contributed by atoms with Gasteiger partial charge in [0.1, 0.15) is 17.4 Å². The van der Waals surface area contributed by atoms with E-state index in [0.29, 0.717) is 27.6 Å². The van der Waals surface area contributed by atoms with Gasteiger partial charge in [-0.15, -0.1) is 11.3 Å². The minimum absolute atomic E-state index is 0.171. The number of alkyl halides is 3. The Hall–Kier alpha value is -3.39. The van der Waals surface area contributed by atoms with Crippen molar-refractivity contribution < 1.29 is 27.8 Å². The van der Waals surface area contributed by atoms with Crippen LogP contribution in [0.25, 0.3) is 21.3 Å². The fraction of sp³-hybridized carbons (Fsp3) is 0.167. The van der Waals surface area contributed by atoms with Gasteiger partial charge in [-0.3, -0.25) is 4.79 Å². The van der Waals surface area contributed by atoms with E-state index >= 15 is 0 Å². The molecule has 0 spiro atoms. The van der Waals surface area contributed by atoms with Crippen LogP contribution in [0, 0.1) is 6.92 Å². The lowest BCUT2D eigenvalue weighted by molar-refractivity contribution is -0.138. The van der Waals surface area contributed by atoms with Crippen molar-refractivity contribution >= 4 is 28.1 Å². The van der Waals surface area contributed by atoms with E-state index in [9.17, 15) is 23.1 Å². The van der Waals surface area contributed by atoms with Gasteiger partial charge in [-0.2, -0.15) is 13.2 Å². The molecule has 4 aromatic rings. The summed E-state index contributed by atoms with van der Waals surface area (Å²) >= 11 is 1.33. The molecule has 1 aromatic heterocycles. The third kappa shape index (κ3) is 4.60. The highest BCUT2D eigenvalue weighted by Crippen LogP contribution is 2.34. The van der Waals surface area contributed by atoms with Crippen molar-refractivity contribution in [3.05, 3.63) is 82.4 Å². The van der Waals surface area contributed by atoms with E-state index in [-0.39, 0.29) is 13.0 Å². The average molecular weight is 457 g/mol. The van der Waals surface area contributed by atoms with Crippen molar-refractivity contribution in [2.75, 3.05) is 0 Å². The second kappa shape index (κ2) is 8.63. The van der Waals surface area contributed by atoms with E-state index in [1.807, 2.05) is 30.3 Å². The summed E-state index contributed by atoms with van der Waals surface area (Å²) in [6, 6.07) is 16.0. The molecule has 0 unspecified atom stereocenters. The number of fused-ring (bicyclic) bond motifs is 1. The first kappa shape index (κ1) is 21.8. The molecule has 4 rings (SSSR count). The quantitative estimate of drug-likeness (QED) is 0.359. The van der Waals surface area contributed by atoms with Crippen LogP contribution < -0.4 is 4.74 Å². The van der Waals surface area contributed by atoms with Gasteiger partial charge < -0.3 is 9.84 Å². The molecule has 0 amide bonds. The summed E-state index contributed by atoms with van der Waals surface area (Å²) in [7, 11) is 0. The van der Waals surface area contributed by atoms with Crippen LogP contribution in [-0.4, -0.2) is 16.1 Å². The number of halogens is 3. The van der Waals surface area contributed by atoms with Crippen LogP contribution in [0.4, 0.5) is 13.2 Å². The molecule has 4 nitrogen and oxygen atoms in total. The van der Waals surface area contributed by atoms with Crippen LogP contribution in [0.5, 0.6) is 5.75 Å². The fourth-order valence-corrected chi connectivity index (χ4v) is 4.40. The number of aromatic nitrogens is 1. The van der Waals surface area contributed by atoms with E-state index in [0.717, 1.165) is 27.8 Å². The van der Waals surface area contributed by atoms with Crippen LogP contribution >= 0.6 is 11.3 Å². The Labute approximate surface area is 185 Å². The molecule has 8 heteroatoms. The Morgan fingerprint density at radius 2 is 1.78 bits per heavy atom. The van der Waals surface area contributed by atoms with Crippen molar-refractivity contribution in [3.8, 4) is 16.3 Å². The van der Waals surface area contributed by atoms with Crippen LogP contribution in [0.1, 0.15) is 21.7 Å². The summed E-state index contributed by atoms with van der Waals surface area (Å²) < 4.78 is 44.4. The number of rotatable bonds is 6. The van der Waals surface area contributed by atoms with E-state index in [2.05, 4.69) is 4.98 Å². The molecule has 0 radical (unpaired) electrons. The molecule has 0 atom stereocenters. The Bertz CT molecular complexity index is 1280. The van der Waals surface area contributed by atoms with E-state index < -0.39 is 17.7 Å². The van der Waals surface area contributed by atoms with Gasteiger partial charge in [0.05, 0.1) is 22.6 Å². The van der Waals surface area contributed by atoms with Crippen LogP contribution in [0.2, 0.25) is 0 Å². The molecule has 32 heavy (non-hydrogen) atoms. The Morgan fingerprint density at radius 3 is 2.47 bits per heavy atom. The fourth-order valence-electron chi connectivity index (χ4n) is 3.42. The van der Waals surface area contributed by atoms with Gasteiger partial charge in [0, 0.05) is 11.1 Å². The number of hydrogen-bond acceptors (Lipinski definition) is 4. The number of carboxylic acid groups (broad SMARTS) is 1. The van der Waals surface area contributed by atoms with Crippen molar-refractivity contribution in [3.63, 3.8) is 0 Å². The molecule has 0 aliphatic carbocycles. The summed E-state index contributed by atoms with van der Waals surface area (Å²) in [6.07, 6.45) is -4.56. The molecule has 0 bridgehead atoms. The molecule has 1 heterocycles. The minimum Gasteiger partial charge on any atom is -0.488 e. The van der Waals surface area contributed by atoms with Crippen LogP contribution in [0.3, 0.4) is 0 Å². The van der Waals surface area contributed by atoms with Crippen molar-refractivity contribution in [2.24, 2.45) is 0 Å². The largest absolute Gasteiger partial charge is 0.488 e. The lowest BCUT2D eigenvalue weighted by Gasteiger charge is -2.13. The second-order valence-corrected chi connectivity index (χ2v) is 8.31. The van der Waals surface area contributed by atoms with Crippen molar-refractivity contribution in [1.29, 1.82) is 0 Å². The van der Waals surface area contributed by atoms with E-state index in [4.69, 9.17) is 4.74 Å². The zero-order chi connectivity index (χ0) is 22.9. The SMILES string of the molecule is Cc1nc(-c2ccc(C(F)(F)F)cc2)sc1COc1ccc2ccccc2c1CC(=O)O. The zero-order valence-electron chi connectivity index (χ0n) is 16.9. The first-order valence-electron chi connectivity index (χ1n) is 9.71. The highest BCUT2D eigenvalue weighted by molar-refractivity contribution is 7.15. The van der Waals surface area contributed by atoms with Gasteiger partial charge in [0.15, 0.2) is 0 Å². The lowest BCUT2D eigenvalue weighted by atomic mass is 10.0. The van der Waals surface area contributed by atoms with Gasteiger partial charge in [-0.25, -0.2) is 4.98 Å². The van der Waals surface area contributed by atoms with Crippen LogP contribution in [0.15, 0.2) is 60.7 Å². The Balaban J connectivity index is 1.58. The summed E-state index contributed by atoms with van der Waals surface area (Å²) in [6.45, 7) is 1.98. The third-order valence-electron chi connectivity index (χ3n) is 5.04. The Morgan fingerprint density at radius 1 is 1.06 bits per heavy atom.